The molecule has 3 aliphatic rings. The topological polar surface area (TPSA) is 98.8 Å². The molecule has 0 aromatic heterocycles. The van der Waals surface area contributed by atoms with Crippen molar-refractivity contribution in [2.45, 2.75) is 50.6 Å². The number of alkyl halides is 3. The fourth-order valence-corrected chi connectivity index (χ4v) is 4.52. The van der Waals surface area contributed by atoms with Gasteiger partial charge in [-0.25, -0.2) is 0 Å². The van der Waals surface area contributed by atoms with Crippen LogP contribution in [-0.2, 0) is 16.1 Å². The van der Waals surface area contributed by atoms with Gasteiger partial charge in [-0.2, -0.15) is 13.2 Å². The molecular formula is C20H21F3N4O4. The number of carbonyl (C=O) groups is 4. The first kappa shape index (κ1) is 21.4. The fraction of sp³-hybridized carbons (Fsp3) is 0.500. The van der Waals surface area contributed by atoms with Crippen molar-refractivity contribution in [3.05, 3.63) is 34.9 Å². The Balaban J connectivity index is 1.57. The monoisotopic (exact) mass is 438 g/mol. The van der Waals surface area contributed by atoms with E-state index in [1.807, 2.05) is 0 Å². The summed E-state index contributed by atoms with van der Waals surface area (Å²) in [7, 11) is 0. The Kier molecular flexibility index (Phi) is 5.34. The molecule has 4 rings (SSSR count). The van der Waals surface area contributed by atoms with Crippen LogP contribution in [0.3, 0.4) is 0 Å². The molecule has 8 nitrogen and oxygen atoms in total. The van der Waals surface area contributed by atoms with Crippen LogP contribution in [0.15, 0.2) is 18.2 Å². The van der Waals surface area contributed by atoms with Crippen molar-refractivity contribution in [2.75, 3.05) is 13.1 Å². The first-order valence-electron chi connectivity index (χ1n) is 9.96. The van der Waals surface area contributed by atoms with Crippen LogP contribution < -0.4 is 10.6 Å². The number of piperazine rings is 1. The van der Waals surface area contributed by atoms with E-state index in [9.17, 15) is 32.3 Å². The van der Waals surface area contributed by atoms with Gasteiger partial charge >= 0.3 is 6.18 Å². The third-order valence-corrected chi connectivity index (χ3v) is 5.96. The van der Waals surface area contributed by atoms with E-state index < -0.39 is 47.9 Å². The molecule has 1 unspecified atom stereocenters. The zero-order chi connectivity index (χ0) is 22.5. The summed E-state index contributed by atoms with van der Waals surface area (Å²) in [5.41, 5.74) is 0.617. The summed E-state index contributed by atoms with van der Waals surface area (Å²) in [4.78, 5) is 51.3. The van der Waals surface area contributed by atoms with E-state index in [0.29, 0.717) is 12.1 Å². The number of benzene rings is 1. The molecule has 3 aliphatic heterocycles. The quantitative estimate of drug-likeness (QED) is 0.678. The van der Waals surface area contributed by atoms with E-state index in [-0.39, 0.29) is 37.1 Å². The second-order valence-electron chi connectivity index (χ2n) is 8.03. The molecule has 2 saturated heterocycles. The van der Waals surface area contributed by atoms with Crippen LogP contribution in [0.2, 0.25) is 0 Å². The standard InChI is InChI=1S/C20H21F3N4O4/c1-10-16(20(21,22)23)26(7-6-24-10)9-11-2-3-12-13(8-11)19(31)27(18(12)30)14-4-5-15(28)25-17(14)29/h2-3,8,10,14,16,24H,4-7,9H2,1H3,(H,25,28,29)/t10-,14?,16-/m1/s1. The average molecular weight is 438 g/mol. The summed E-state index contributed by atoms with van der Waals surface area (Å²) in [6, 6.07) is 0.809. The van der Waals surface area contributed by atoms with E-state index in [1.54, 1.807) is 0 Å². The molecule has 1 aromatic carbocycles. The molecule has 0 bridgehead atoms. The average Bonchev–Trinajstić information content (AvgIpc) is 2.91. The van der Waals surface area contributed by atoms with Crippen molar-refractivity contribution in [1.82, 2.24) is 20.4 Å². The van der Waals surface area contributed by atoms with Crippen LogP contribution in [0.1, 0.15) is 46.0 Å². The van der Waals surface area contributed by atoms with Gasteiger partial charge in [0.25, 0.3) is 11.8 Å². The van der Waals surface area contributed by atoms with E-state index >= 15 is 0 Å². The maximum absolute atomic E-state index is 13.5. The number of carbonyl (C=O) groups excluding carboxylic acids is 4. The largest absolute Gasteiger partial charge is 0.405 e. The van der Waals surface area contributed by atoms with E-state index in [0.717, 1.165) is 4.90 Å². The lowest BCUT2D eigenvalue weighted by molar-refractivity contribution is -0.197. The van der Waals surface area contributed by atoms with Crippen molar-refractivity contribution >= 4 is 23.6 Å². The second-order valence-corrected chi connectivity index (χ2v) is 8.03. The predicted octanol–water partition coefficient (Wildman–Crippen LogP) is 0.812. The van der Waals surface area contributed by atoms with Crippen LogP contribution in [0.5, 0.6) is 0 Å². The number of nitrogens with one attached hydrogen (secondary N) is 2. The Morgan fingerprint density at radius 1 is 1.10 bits per heavy atom. The number of imide groups is 2. The van der Waals surface area contributed by atoms with Gasteiger partial charge in [-0.15, -0.1) is 0 Å². The number of fused-ring (bicyclic) bond motifs is 1. The summed E-state index contributed by atoms with van der Waals surface area (Å²) in [6.45, 7) is 2.02. The summed E-state index contributed by atoms with van der Waals surface area (Å²) >= 11 is 0. The lowest BCUT2D eigenvalue weighted by Crippen LogP contribution is -2.62. The molecular weight excluding hydrogens is 417 g/mol. The van der Waals surface area contributed by atoms with E-state index in [4.69, 9.17) is 0 Å². The summed E-state index contributed by atoms with van der Waals surface area (Å²) in [6.07, 6.45) is -4.37. The maximum atomic E-state index is 13.5. The summed E-state index contributed by atoms with van der Waals surface area (Å²) < 4.78 is 40.6. The maximum Gasteiger partial charge on any atom is 0.405 e. The van der Waals surface area contributed by atoms with Gasteiger partial charge in [0, 0.05) is 32.1 Å². The second kappa shape index (κ2) is 7.72. The molecule has 2 N–H and O–H groups in total. The Bertz CT molecular complexity index is 964. The van der Waals surface area contributed by atoms with Crippen molar-refractivity contribution in [3.63, 3.8) is 0 Å². The number of piperidine rings is 1. The van der Waals surface area contributed by atoms with Gasteiger partial charge in [0.15, 0.2) is 0 Å². The number of rotatable bonds is 3. The normalized spacial score (nSPS) is 27.5. The van der Waals surface area contributed by atoms with Gasteiger partial charge in [0.05, 0.1) is 11.1 Å². The van der Waals surface area contributed by atoms with Crippen molar-refractivity contribution in [2.24, 2.45) is 0 Å². The Morgan fingerprint density at radius 2 is 1.81 bits per heavy atom. The molecule has 1 aromatic rings. The highest BCUT2D eigenvalue weighted by Gasteiger charge is 2.48. The minimum atomic E-state index is -4.42. The van der Waals surface area contributed by atoms with Crippen LogP contribution in [-0.4, -0.2) is 70.8 Å². The van der Waals surface area contributed by atoms with Gasteiger partial charge in [-0.05, 0) is 31.0 Å². The summed E-state index contributed by atoms with van der Waals surface area (Å²) in [5, 5.41) is 4.95. The number of halogens is 3. The molecule has 3 heterocycles. The molecule has 0 spiro atoms. The van der Waals surface area contributed by atoms with Crippen LogP contribution in [0.4, 0.5) is 13.2 Å². The van der Waals surface area contributed by atoms with E-state index in [2.05, 4.69) is 10.6 Å². The number of hydrogen-bond acceptors (Lipinski definition) is 6. The molecule has 0 aliphatic carbocycles. The van der Waals surface area contributed by atoms with Crippen molar-refractivity contribution in [3.8, 4) is 0 Å². The highest BCUT2D eigenvalue weighted by atomic mass is 19.4. The number of nitrogens with zero attached hydrogens (tertiary/aromatic N) is 2. The summed E-state index contributed by atoms with van der Waals surface area (Å²) in [5.74, 6) is -2.51. The molecule has 3 atom stereocenters. The molecule has 4 amide bonds. The molecule has 0 radical (unpaired) electrons. The minimum absolute atomic E-state index is 0.00900. The third-order valence-electron chi connectivity index (χ3n) is 5.96. The SMILES string of the molecule is C[C@H]1NCCN(Cc2ccc3c(c2)C(=O)N(C2CCC(=O)NC2=O)C3=O)[C@H]1C(F)(F)F. The van der Waals surface area contributed by atoms with E-state index in [1.165, 1.54) is 30.0 Å². The Morgan fingerprint density at radius 3 is 2.48 bits per heavy atom. The smallest absolute Gasteiger partial charge is 0.311 e. The van der Waals surface area contributed by atoms with Gasteiger partial charge < -0.3 is 5.32 Å². The Hall–Kier alpha value is -2.79. The first-order chi connectivity index (χ1) is 14.6. The van der Waals surface area contributed by atoms with Crippen LogP contribution in [0.25, 0.3) is 0 Å². The number of hydrogen-bond donors (Lipinski definition) is 2. The molecule has 0 saturated carbocycles. The highest BCUT2D eigenvalue weighted by molar-refractivity contribution is 6.23. The minimum Gasteiger partial charge on any atom is -0.311 e. The highest BCUT2D eigenvalue weighted by Crippen LogP contribution is 2.32. The van der Waals surface area contributed by atoms with Crippen molar-refractivity contribution in [1.29, 1.82) is 0 Å². The van der Waals surface area contributed by atoms with Gasteiger partial charge in [-0.3, -0.25) is 34.3 Å². The van der Waals surface area contributed by atoms with Crippen molar-refractivity contribution < 1.29 is 32.3 Å². The lowest BCUT2D eigenvalue weighted by Gasteiger charge is -2.41. The molecule has 11 heteroatoms. The van der Waals surface area contributed by atoms with Gasteiger partial charge in [0.1, 0.15) is 12.1 Å². The predicted molar refractivity (Wildman–Crippen MR) is 101 cm³/mol. The zero-order valence-corrected chi connectivity index (χ0v) is 16.7. The third kappa shape index (κ3) is 3.83. The molecule has 31 heavy (non-hydrogen) atoms. The number of amides is 4. The molecule has 166 valence electrons. The zero-order valence-electron chi connectivity index (χ0n) is 16.7. The van der Waals surface area contributed by atoms with Gasteiger partial charge in [0.2, 0.25) is 11.8 Å². The first-order valence-corrected chi connectivity index (χ1v) is 9.96. The lowest BCUT2D eigenvalue weighted by atomic mass is 10.0. The van der Waals surface area contributed by atoms with Crippen LogP contribution in [0, 0.1) is 0 Å². The van der Waals surface area contributed by atoms with Crippen LogP contribution >= 0.6 is 0 Å². The molecule has 2 fully saturated rings. The Labute approximate surface area is 175 Å². The fourth-order valence-electron chi connectivity index (χ4n) is 4.52. The van der Waals surface area contributed by atoms with Gasteiger partial charge in [-0.1, -0.05) is 6.07 Å².